The van der Waals surface area contributed by atoms with Crippen molar-refractivity contribution >= 4 is 52.0 Å². The van der Waals surface area contributed by atoms with Gasteiger partial charge in [0.25, 0.3) is 0 Å². The van der Waals surface area contributed by atoms with Crippen LogP contribution in [0.25, 0.3) is 0 Å². The van der Waals surface area contributed by atoms with Crippen molar-refractivity contribution in [2.75, 3.05) is 10.6 Å². The molecule has 128 valence electrons. The van der Waals surface area contributed by atoms with Gasteiger partial charge in [0.2, 0.25) is 0 Å². The monoisotopic (exact) mass is 394 g/mol. The van der Waals surface area contributed by atoms with E-state index in [1.54, 1.807) is 47.3 Å². The number of anilines is 2. The minimum Gasteiger partial charge on any atom is -0.330 e. The van der Waals surface area contributed by atoms with Gasteiger partial charge >= 0.3 is 0 Å². The molecule has 0 unspecified atom stereocenters. The summed E-state index contributed by atoms with van der Waals surface area (Å²) in [4.78, 5) is 0. The topological polar surface area (TPSA) is 41.9 Å². The molecule has 0 aliphatic rings. The summed E-state index contributed by atoms with van der Waals surface area (Å²) >= 11 is 17.1. The number of nitrogens with zero attached hydrogens (tertiary/aromatic N) is 2. The standard InChI is InChI=1S/C17H13Cl2FN4S/c18-12-6-5-11(9-13(12)19)10-24-8-7-16(23-24)22-17(25)21-15-4-2-1-3-14(15)20/h1-9H,10H2,(H2,21,22,23,25). The average Bonchev–Trinajstić information content (AvgIpc) is 3.00. The SMILES string of the molecule is Fc1ccccc1NC(=S)Nc1ccn(Cc2ccc(Cl)c(Cl)c2)n1. The summed E-state index contributed by atoms with van der Waals surface area (Å²) < 4.78 is 15.3. The van der Waals surface area contributed by atoms with Crippen LogP contribution in [0.5, 0.6) is 0 Å². The molecule has 2 aromatic carbocycles. The third-order valence-corrected chi connectivity index (χ3v) is 4.28. The molecule has 1 aromatic heterocycles. The summed E-state index contributed by atoms with van der Waals surface area (Å²) in [5.41, 5.74) is 1.27. The lowest BCUT2D eigenvalue weighted by atomic mass is 10.2. The third-order valence-electron chi connectivity index (χ3n) is 3.33. The zero-order valence-corrected chi connectivity index (χ0v) is 15.2. The summed E-state index contributed by atoms with van der Waals surface area (Å²) in [5.74, 6) is 0.172. The molecule has 0 aliphatic heterocycles. The van der Waals surface area contributed by atoms with E-state index in [4.69, 9.17) is 35.4 Å². The van der Waals surface area contributed by atoms with E-state index in [9.17, 15) is 4.39 Å². The number of thiocarbonyl (C=S) groups is 1. The van der Waals surface area contributed by atoms with Gasteiger partial charge in [-0.1, -0.05) is 41.4 Å². The van der Waals surface area contributed by atoms with Gasteiger partial charge in [0, 0.05) is 12.3 Å². The Morgan fingerprint density at radius 3 is 2.64 bits per heavy atom. The maximum absolute atomic E-state index is 13.6. The number of rotatable bonds is 4. The molecule has 3 aromatic rings. The Hall–Kier alpha value is -2.15. The van der Waals surface area contributed by atoms with Gasteiger partial charge in [-0.3, -0.25) is 4.68 Å². The number of hydrogen-bond donors (Lipinski definition) is 2. The first kappa shape index (κ1) is 17.7. The van der Waals surface area contributed by atoms with Gasteiger partial charge in [-0.05, 0) is 42.0 Å². The summed E-state index contributed by atoms with van der Waals surface area (Å²) in [6.07, 6.45) is 1.80. The minimum atomic E-state index is -0.378. The molecule has 0 radical (unpaired) electrons. The van der Waals surface area contributed by atoms with Crippen molar-refractivity contribution in [3.8, 4) is 0 Å². The molecule has 0 fully saturated rings. The minimum absolute atomic E-state index is 0.255. The third kappa shape index (κ3) is 4.69. The Morgan fingerprint density at radius 2 is 1.88 bits per heavy atom. The Kier molecular flexibility index (Phi) is 5.53. The second-order valence-electron chi connectivity index (χ2n) is 5.21. The second-order valence-corrected chi connectivity index (χ2v) is 6.43. The first-order valence-corrected chi connectivity index (χ1v) is 8.47. The number of aromatic nitrogens is 2. The highest BCUT2D eigenvalue weighted by Crippen LogP contribution is 2.23. The fourth-order valence-corrected chi connectivity index (χ4v) is 2.71. The van der Waals surface area contributed by atoms with Gasteiger partial charge in [0.1, 0.15) is 5.82 Å². The quantitative estimate of drug-likeness (QED) is 0.597. The largest absolute Gasteiger partial charge is 0.330 e. The van der Waals surface area contributed by atoms with Gasteiger partial charge < -0.3 is 10.6 Å². The normalized spacial score (nSPS) is 10.5. The molecular formula is C17H13Cl2FN4S. The molecule has 1 heterocycles. The highest BCUT2D eigenvalue weighted by atomic mass is 35.5. The average molecular weight is 395 g/mol. The Labute approximate surface area is 159 Å². The Bertz CT molecular complexity index is 913. The van der Waals surface area contributed by atoms with E-state index >= 15 is 0 Å². The van der Waals surface area contributed by atoms with Crippen LogP contribution in [0, 0.1) is 5.82 Å². The number of benzene rings is 2. The van der Waals surface area contributed by atoms with Crippen molar-refractivity contribution in [2.45, 2.75) is 6.54 Å². The van der Waals surface area contributed by atoms with Crippen molar-refractivity contribution < 1.29 is 4.39 Å². The fourth-order valence-electron chi connectivity index (χ4n) is 2.17. The Morgan fingerprint density at radius 1 is 1.08 bits per heavy atom. The van der Waals surface area contributed by atoms with Crippen molar-refractivity contribution in [3.63, 3.8) is 0 Å². The first-order chi connectivity index (χ1) is 12.0. The van der Waals surface area contributed by atoms with Gasteiger partial charge in [-0.25, -0.2) is 4.39 Å². The van der Waals surface area contributed by atoms with Gasteiger partial charge in [0.15, 0.2) is 10.9 Å². The zero-order valence-electron chi connectivity index (χ0n) is 12.8. The number of halogens is 3. The van der Waals surface area contributed by atoms with E-state index in [0.29, 0.717) is 28.1 Å². The lowest BCUT2D eigenvalue weighted by molar-refractivity contribution is 0.632. The molecule has 0 atom stereocenters. The van der Waals surface area contributed by atoms with Crippen LogP contribution < -0.4 is 10.6 Å². The summed E-state index contributed by atoms with van der Waals surface area (Å²) in [7, 11) is 0. The van der Waals surface area contributed by atoms with Crippen molar-refractivity contribution in [2.24, 2.45) is 0 Å². The zero-order chi connectivity index (χ0) is 17.8. The van der Waals surface area contributed by atoms with Crippen LogP contribution in [-0.4, -0.2) is 14.9 Å². The van der Waals surface area contributed by atoms with Crippen LogP contribution in [0.1, 0.15) is 5.56 Å². The second kappa shape index (κ2) is 7.82. The van der Waals surface area contributed by atoms with Crippen LogP contribution in [0.4, 0.5) is 15.9 Å². The smallest absolute Gasteiger partial charge is 0.176 e. The van der Waals surface area contributed by atoms with E-state index in [-0.39, 0.29) is 10.9 Å². The van der Waals surface area contributed by atoms with E-state index in [0.717, 1.165) is 5.56 Å². The number of para-hydroxylation sites is 1. The van der Waals surface area contributed by atoms with E-state index in [1.807, 2.05) is 6.07 Å². The maximum Gasteiger partial charge on any atom is 0.176 e. The predicted molar refractivity (Wildman–Crippen MR) is 104 cm³/mol. The molecule has 3 rings (SSSR count). The molecule has 0 amide bonds. The molecule has 2 N–H and O–H groups in total. The maximum atomic E-state index is 13.6. The van der Waals surface area contributed by atoms with Crippen molar-refractivity contribution in [1.29, 1.82) is 0 Å². The van der Waals surface area contributed by atoms with Gasteiger partial charge in [-0.15, -0.1) is 0 Å². The molecule has 4 nitrogen and oxygen atoms in total. The molecule has 0 bridgehead atoms. The molecule has 8 heteroatoms. The van der Waals surface area contributed by atoms with Crippen LogP contribution >= 0.6 is 35.4 Å². The molecular weight excluding hydrogens is 382 g/mol. The summed E-state index contributed by atoms with van der Waals surface area (Å²) in [5, 5.41) is 11.4. The molecule has 0 saturated carbocycles. The summed E-state index contributed by atoms with van der Waals surface area (Å²) in [6.45, 7) is 0.534. The van der Waals surface area contributed by atoms with Crippen molar-refractivity contribution in [1.82, 2.24) is 9.78 Å². The molecule has 0 aliphatic carbocycles. The lowest BCUT2D eigenvalue weighted by Crippen LogP contribution is -2.20. The number of nitrogens with one attached hydrogen (secondary N) is 2. The predicted octanol–water partition coefficient (Wildman–Crippen LogP) is 5.19. The Balaban J connectivity index is 1.62. The lowest BCUT2D eigenvalue weighted by Gasteiger charge is -2.09. The first-order valence-electron chi connectivity index (χ1n) is 7.31. The van der Waals surface area contributed by atoms with Gasteiger partial charge in [0.05, 0.1) is 22.3 Å². The summed E-state index contributed by atoms with van der Waals surface area (Å²) in [6, 6.07) is 13.5. The van der Waals surface area contributed by atoms with Crippen LogP contribution in [0.15, 0.2) is 54.7 Å². The highest BCUT2D eigenvalue weighted by molar-refractivity contribution is 7.80. The van der Waals surface area contributed by atoms with E-state index in [2.05, 4.69) is 15.7 Å². The van der Waals surface area contributed by atoms with E-state index in [1.165, 1.54) is 6.07 Å². The molecule has 0 spiro atoms. The van der Waals surface area contributed by atoms with Crippen LogP contribution in [0.2, 0.25) is 10.0 Å². The van der Waals surface area contributed by atoms with Crippen molar-refractivity contribution in [3.05, 3.63) is 76.2 Å². The highest BCUT2D eigenvalue weighted by Gasteiger charge is 2.06. The molecule has 25 heavy (non-hydrogen) atoms. The van der Waals surface area contributed by atoms with Crippen LogP contribution in [0.3, 0.4) is 0 Å². The molecule has 0 saturated heterocycles. The van der Waals surface area contributed by atoms with Gasteiger partial charge in [-0.2, -0.15) is 5.10 Å². The fraction of sp³-hybridized carbons (Fsp3) is 0.0588. The van der Waals surface area contributed by atoms with Crippen LogP contribution in [-0.2, 0) is 6.54 Å². The van der Waals surface area contributed by atoms with E-state index < -0.39 is 0 Å². The number of hydrogen-bond acceptors (Lipinski definition) is 2.